The van der Waals surface area contributed by atoms with Crippen molar-refractivity contribution in [3.8, 4) is 0 Å². The zero-order valence-corrected chi connectivity index (χ0v) is 15.3. The molecule has 2 fully saturated rings. The molecule has 2 aromatic rings. The molecular weight excluding hydrogens is 324 g/mol. The molecule has 5 nitrogen and oxygen atoms in total. The van der Waals surface area contributed by atoms with E-state index in [1.165, 1.54) is 12.8 Å². The monoisotopic (exact) mass is 350 g/mol. The smallest absolute Gasteiger partial charge is 0.272 e. The van der Waals surface area contributed by atoms with Crippen molar-refractivity contribution in [2.24, 2.45) is 5.41 Å². The number of pyridine rings is 1. The maximum absolute atomic E-state index is 13.0. The van der Waals surface area contributed by atoms with Crippen molar-refractivity contribution in [1.82, 2.24) is 14.8 Å². The number of carbonyl (C=O) groups excluding carboxylic acids is 1. The van der Waals surface area contributed by atoms with Crippen LogP contribution in [0.25, 0.3) is 0 Å². The van der Waals surface area contributed by atoms with E-state index < -0.39 is 0 Å². The Morgan fingerprint density at radius 1 is 1.00 bits per heavy atom. The van der Waals surface area contributed by atoms with Crippen LogP contribution in [-0.4, -0.2) is 53.9 Å². The average Bonchev–Trinajstić information content (AvgIpc) is 3.09. The minimum absolute atomic E-state index is 0.0533. The van der Waals surface area contributed by atoms with Crippen LogP contribution in [0.15, 0.2) is 48.5 Å². The van der Waals surface area contributed by atoms with Gasteiger partial charge >= 0.3 is 0 Å². The number of aromatic nitrogens is 1. The Morgan fingerprint density at radius 3 is 2.50 bits per heavy atom. The standard InChI is InChI=1S/C21H26N4O/c1-24-13-10-21(11-14-24)12-15-25(16-21)20(26)18-8-5-9-19(23-18)22-17-6-3-2-4-7-17/h2-9H,10-16H2,1H3,(H,22,23). The van der Waals surface area contributed by atoms with Gasteiger partial charge in [-0.2, -0.15) is 0 Å². The highest BCUT2D eigenvalue weighted by Crippen LogP contribution is 2.40. The van der Waals surface area contributed by atoms with Crippen molar-refractivity contribution >= 4 is 17.4 Å². The van der Waals surface area contributed by atoms with Gasteiger partial charge in [-0.15, -0.1) is 0 Å². The van der Waals surface area contributed by atoms with E-state index in [1.54, 1.807) is 0 Å². The number of hydrogen-bond acceptors (Lipinski definition) is 4. The van der Waals surface area contributed by atoms with Gasteiger partial charge in [0.2, 0.25) is 0 Å². The number of piperidine rings is 1. The molecule has 1 amide bonds. The molecule has 1 spiro atoms. The van der Waals surface area contributed by atoms with Gasteiger partial charge in [-0.05, 0) is 69.1 Å². The molecule has 0 aliphatic carbocycles. The van der Waals surface area contributed by atoms with E-state index in [-0.39, 0.29) is 5.91 Å². The number of nitrogens with zero attached hydrogens (tertiary/aromatic N) is 3. The summed E-state index contributed by atoms with van der Waals surface area (Å²) in [5, 5.41) is 3.26. The van der Waals surface area contributed by atoms with E-state index in [2.05, 4.69) is 22.2 Å². The highest BCUT2D eigenvalue weighted by molar-refractivity contribution is 5.93. The van der Waals surface area contributed by atoms with Crippen LogP contribution in [0.2, 0.25) is 0 Å². The van der Waals surface area contributed by atoms with E-state index in [4.69, 9.17) is 0 Å². The second kappa shape index (κ2) is 7.08. The molecule has 0 saturated carbocycles. The third kappa shape index (κ3) is 3.58. The van der Waals surface area contributed by atoms with E-state index in [1.807, 2.05) is 53.4 Å². The van der Waals surface area contributed by atoms with Gasteiger partial charge in [0.25, 0.3) is 5.91 Å². The van der Waals surface area contributed by atoms with Crippen LogP contribution in [0.3, 0.4) is 0 Å². The molecule has 1 N–H and O–H groups in total. The largest absolute Gasteiger partial charge is 0.340 e. The van der Waals surface area contributed by atoms with Crippen molar-refractivity contribution in [2.75, 3.05) is 38.5 Å². The van der Waals surface area contributed by atoms with Crippen molar-refractivity contribution in [2.45, 2.75) is 19.3 Å². The fourth-order valence-electron chi connectivity index (χ4n) is 4.06. The van der Waals surface area contributed by atoms with Gasteiger partial charge in [0.1, 0.15) is 11.5 Å². The first-order valence-electron chi connectivity index (χ1n) is 9.41. The highest BCUT2D eigenvalue weighted by atomic mass is 16.2. The third-order valence-corrected chi connectivity index (χ3v) is 5.79. The van der Waals surface area contributed by atoms with Crippen LogP contribution < -0.4 is 5.32 Å². The Hall–Kier alpha value is -2.40. The molecule has 5 heteroatoms. The summed E-state index contributed by atoms with van der Waals surface area (Å²) in [6.45, 7) is 3.99. The molecule has 2 saturated heterocycles. The molecule has 1 aromatic heterocycles. The maximum atomic E-state index is 13.0. The summed E-state index contributed by atoms with van der Waals surface area (Å²) in [7, 11) is 2.18. The Labute approximate surface area is 155 Å². The Bertz CT molecular complexity index is 769. The highest BCUT2D eigenvalue weighted by Gasteiger charge is 2.41. The van der Waals surface area contributed by atoms with Gasteiger partial charge in [-0.3, -0.25) is 4.79 Å². The zero-order valence-electron chi connectivity index (χ0n) is 15.3. The number of amides is 1. The van der Waals surface area contributed by atoms with Crippen LogP contribution in [0.5, 0.6) is 0 Å². The summed E-state index contributed by atoms with van der Waals surface area (Å²) in [4.78, 5) is 21.9. The summed E-state index contributed by atoms with van der Waals surface area (Å²) >= 11 is 0. The molecule has 26 heavy (non-hydrogen) atoms. The lowest BCUT2D eigenvalue weighted by molar-refractivity contribution is 0.0731. The number of para-hydroxylation sites is 1. The SMILES string of the molecule is CN1CCC2(CC1)CCN(C(=O)c1cccc(Nc3ccccc3)n1)C2. The number of benzene rings is 1. The number of anilines is 2. The van der Waals surface area contributed by atoms with E-state index in [9.17, 15) is 4.79 Å². The van der Waals surface area contributed by atoms with Crippen LogP contribution >= 0.6 is 0 Å². The number of rotatable bonds is 3. The van der Waals surface area contributed by atoms with Gasteiger partial charge in [0, 0.05) is 18.8 Å². The number of hydrogen-bond donors (Lipinski definition) is 1. The minimum atomic E-state index is 0.0533. The summed E-state index contributed by atoms with van der Waals surface area (Å²) in [5.74, 6) is 0.757. The van der Waals surface area contributed by atoms with Crippen molar-refractivity contribution in [1.29, 1.82) is 0 Å². The van der Waals surface area contributed by atoms with E-state index in [0.29, 0.717) is 16.9 Å². The fourth-order valence-corrected chi connectivity index (χ4v) is 4.06. The van der Waals surface area contributed by atoms with Crippen LogP contribution in [0.1, 0.15) is 29.8 Å². The van der Waals surface area contributed by atoms with Crippen molar-refractivity contribution in [3.05, 3.63) is 54.2 Å². The van der Waals surface area contributed by atoms with Crippen LogP contribution in [-0.2, 0) is 0 Å². The molecule has 136 valence electrons. The van der Waals surface area contributed by atoms with E-state index >= 15 is 0 Å². The van der Waals surface area contributed by atoms with Gasteiger partial charge in [-0.1, -0.05) is 24.3 Å². The average molecular weight is 350 g/mol. The fraction of sp³-hybridized carbons (Fsp3) is 0.429. The molecule has 3 heterocycles. The predicted octanol–water partition coefficient (Wildman–Crippen LogP) is 3.38. The second-order valence-electron chi connectivity index (χ2n) is 7.68. The van der Waals surface area contributed by atoms with Gasteiger partial charge in [0.05, 0.1) is 0 Å². The summed E-state index contributed by atoms with van der Waals surface area (Å²) in [6, 6.07) is 15.5. The number of likely N-dealkylation sites (tertiary alicyclic amines) is 2. The summed E-state index contributed by atoms with van der Waals surface area (Å²) in [5.41, 5.74) is 1.81. The van der Waals surface area contributed by atoms with Gasteiger partial charge in [-0.25, -0.2) is 4.98 Å². The summed E-state index contributed by atoms with van der Waals surface area (Å²) in [6.07, 6.45) is 3.50. The first-order chi connectivity index (χ1) is 12.6. The third-order valence-electron chi connectivity index (χ3n) is 5.79. The van der Waals surface area contributed by atoms with Crippen LogP contribution in [0, 0.1) is 5.41 Å². The lowest BCUT2D eigenvalue weighted by atomic mass is 9.78. The first kappa shape index (κ1) is 17.0. The number of nitrogens with one attached hydrogen (secondary N) is 1. The van der Waals surface area contributed by atoms with Gasteiger partial charge in [0.15, 0.2) is 0 Å². The lowest BCUT2D eigenvalue weighted by Gasteiger charge is -2.37. The Morgan fingerprint density at radius 2 is 1.73 bits per heavy atom. The maximum Gasteiger partial charge on any atom is 0.272 e. The number of carbonyl (C=O) groups is 1. The van der Waals surface area contributed by atoms with Gasteiger partial charge < -0.3 is 15.1 Å². The quantitative estimate of drug-likeness (QED) is 0.922. The zero-order chi connectivity index (χ0) is 18.0. The Kier molecular flexibility index (Phi) is 4.64. The van der Waals surface area contributed by atoms with Crippen molar-refractivity contribution < 1.29 is 4.79 Å². The molecule has 4 rings (SSSR count). The normalized spacial score (nSPS) is 19.7. The molecule has 2 aliphatic heterocycles. The molecule has 0 unspecified atom stereocenters. The molecule has 0 bridgehead atoms. The van der Waals surface area contributed by atoms with Crippen molar-refractivity contribution in [3.63, 3.8) is 0 Å². The molecular formula is C21H26N4O. The predicted molar refractivity (Wildman–Crippen MR) is 104 cm³/mol. The topological polar surface area (TPSA) is 48.5 Å². The lowest BCUT2D eigenvalue weighted by Crippen LogP contribution is -2.40. The van der Waals surface area contributed by atoms with E-state index in [0.717, 1.165) is 38.3 Å². The summed E-state index contributed by atoms with van der Waals surface area (Å²) < 4.78 is 0. The second-order valence-corrected chi connectivity index (χ2v) is 7.68. The molecule has 2 aliphatic rings. The molecule has 1 aromatic carbocycles. The van der Waals surface area contributed by atoms with Crippen LogP contribution in [0.4, 0.5) is 11.5 Å². The molecule has 0 atom stereocenters. The molecule has 0 radical (unpaired) electrons. The Balaban J connectivity index is 1.44. The minimum Gasteiger partial charge on any atom is -0.340 e. The first-order valence-corrected chi connectivity index (χ1v) is 9.41.